The molecule has 1 aromatic heterocycles. The summed E-state index contributed by atoms with van der Waals surface area (Å²) in [6, 6.07) is 0.881. The molecule has 2 aromatic rings. The third-order valence-electron chi connectivity index (χ3n) is 3.01. The van der Waals surface area contributed by atoms with Crippen LogP contribution in [-0.4, -0.2) is 23.5 Å². The number of benzene rings is 1. The first-order chi connectivity index (χ1) is 9.95. The molecule has 1 atom stereocenters. The number of halogens is 4. The first kappa shape index (κ1) is 16.2. The maximum atomic E-state index is 14.0. The summed E-state index contributed by atoms with van der Waals surface area (Å²) < 4.78 is 34.0. The topological polar surface area (TPSA) is 53.1 Å². The Bertz CT molecular complexity index is 649. The molecule has 0 bridgehead atoms. The predicted octanol–water partition coefficient (Wildman–Crippen LogP) is 3.16. The van der Waals surface area contributed by atoms with E-state index in [9.17, 15) is 8.78 Å². The molecular weight excluding hydrogens is 323 g/mol. The zero-order valence-electron chi connectivity index (χ0n) is 11.1. The van der Waals surface area contributed by atoms with Gasteiger partial charge in [0.15, 0.2) is 0 Å². The number of methoxy groups -OCH3 is 1. The second kappa shape index (κ2) is 6.70. The minimum Gasteiger partial charge on any atom is -0.383 e. The molecule has 1 heterocycles. The molecule has 8 heteroatoms. The van der Waals surface area contributed by atoms with Gasteiger partial charge in [-0.15, -0.1) is 0 Å². The normalized spacial score (nSPS) is 12.7. The van der Waals surface area contributed by atoms with Gasteiger partial charge >= 0.3 is 0 Å². The van der Waals surface area contributed by atoms with E-state index >= 15 is 0 Å². The zero-order valence-corrected chi connectivity index (χ0v) is 12.6. The lowest BCUT2D eigenvalue weighted by molar-refractivity contribution is 0.182. The Balaban J connectivity index is 2.42. The Labute approximate surface area is 130 Å². The maximum absolute atomic E-state index is 14.0. The lowest BCUT2D eigenvalue weighted by Gasteiger charge is -2.16. The van der Waals surface area contributed by atoms with E-state index < -0.39 is 17.7 Å². The third kappa shape index (κ3) is 3.35. The first-order valence-electron chi connectivity index (χ1n) is 6.05. The fourth-order valence-corrected chi connectivity index (χ4v) is 2.37. The van der Waals surface area contributed by atoms with Crippen LogP contribution in [0.3, 0.4) is 0 Å². The van der Waals surface area contributed by atoms with Crippen molar-refractivity contribution < 1.29 is 13.5 Å². The number of aromatic nitrogens is 2. The SMILES string of the molecule is COCCn1ncc(Cl)c1C(N)c1cc(F)c(Cl)cc1F. The Morgan fingerprint density at radius 2 is 2.00 bits per heavy atom. The maximum Gasteiger partial charge on any atom is 0.142 e. The summed E-state index contributed by atoms with van der Waals surface area (Å²) in [7, 11) is 1.54. The highest BCUT2D eigenvalue weighted by atomic mass is 35.5. The van der Waals surface area contributed by atoms with Gasteiger partial charge in [0.05, 0.1) is 41.1 Å². The monoisotopic (exact) mass is 335 g/mol. The molecular formula is C13H13Cl2F2N3O. The summed E-state index contributed by atoms with van der Waals surface area (Å²) in [6.45, 7) is 0.777. The molecule has 0 spiro atoms. The summed E-state index contributed by atoms with van der Waals surface area (Å²) in [4.78, 5) is 0. The minimum absolute atomic E-state index is 0.0435. The van der Waals surface area contributed by atoms with E-state index in [0.717, 1.165) is 12.1 Å². The molecule has 2 N–H and O–H groups in total. The molecule has 0 fully saturated rings. The molecule has 0 aliphatic heterocycles. The van der Waals surface area contributed by atoms with Gasteiger partial charge in [-0.1, -0.05) is 23.2 Å². The standard InChI is InChI=1S/C13H13Cl2F2N3O/c1-21-3-2-20-13(9(15)6-19-20)12(18)7-4-11(17)8(14)5-10(7)16/h4-6,12H,2-3,18H2,1H3. The van der Waals surface area contributed by atoms with Crippen LogP contribution in [0.1, 0.15) is 17.3 Å². The number of hydrogen-bond acceptors (Lipinski definition) is 3. The Morgan fingerprint density at radius 3 is 2.67 bits per heavy atom. The van der Waals surface area contributed by atoms with Crippen molar-refractivity contribution in [1.82, 2.24) is 9.78 Å². The van der Waals surface area contributed by atoms with E-state index in [1.165, 1.54) is 10.9 Å². The van der Waals surface area contributed by atoms with E-state index in [-0.39, 0.29) is 15.6 Å². The Hall–Kier alpha value is -1.21. The fourth-order valence-electron chi connectivity index (χ4n) is 1.96. The Kier molecular flexibility index (Phi) is 5.16. The number of nitrogens with zero attached hydrogens (tertiary/aromatic N) is 2. The smallest absolute Gasteiger partial charge is 0.142 e. The molecule has 1 unspecified atom stereocenters. The van der Waals surface area contributed by atoms with Crippen LogP contribution in [0, 0.1) is 11.6 Å². The molecule has 0 aliphatic rings. The zero-order chi connectivity index (χ0) is 15.6. The van der Waals surface area contributed by atoms with Gasteiger partial charge in [0.25, 0.3) is 0 Å². The van der Waals surface area contributed by atoms with Gasteiger partial charge in [0.1, 0.15) is 11.6 Å². The van der Waals surface area contributed by atoms with Crippen LogP contribution in [0.4, 0.5) is 8.78 Å². The second-order valence-corrected chi connectivity index (χ2v) is 5.17. The summed E-state index contributed by atoms with van der Waals surface area (Å²) in [5, 5.41) is 4.02. The number of nitrogens with two attached hydrogens (primary N) is 1. The highest BCUT2D eigenvalue weighted by Gasteiger charge is 2.22. The van der Waals surface area contributed by atoms with E-state index in [0.29, 0.717) is 18.8 Å². The van der Waals surface area contributed by atoms with Crippen molar-refractivity contribution in [3.8, 4) is 0 Å². The summed E-state index contributed by atoms with van der Waals surface area (Å²) in [6.07, 6.45) is 1.40. The number of rotatable bonds is 5. The quantitative estimate of drug-likeness (QED) is 0.854. The van der Waals surface area contributed by atoms with Crippen molar-refractivity contribution >= 4 is 23.2 Å². The predicted molar refractivity (Wildman–Crippen MR) is 76.5 cm³/mol. The highest BCUT2D eigenvalue weighted by molar-refractivity contribution is 6.31. The molecule has 21 heavy (non-hydrogen) atoms. The highest BCUT2D eigenvalue weighted by Crippen LogP contribution is 2.30. The van der Waals surface area contributed by atoms with Crippen LogP contribution >= 0.6 is 23.2 Å². The van der Waals surface area contributed by atoms with Crippen LogP contribution in [0.2, 0.25) is 10.0 Å². The van der Waals surface area contributed by atoms with Crippen LogP contribution < -0.4 is 5.73 Å². The molecule has 114 valence electrons. The van der Waals surface area contributed by atoms with Gasteiger partial charge in [0.2, 0.25) is 0 Å². The first-order valence-corrected chi connectivity index (χ1v) is 6.81. The number of hydrogen-bond donors (Lipinski definition) is 1. The molecule has 0 aliphatic carbocycles. The van der Waals surface area contributed by atoms with E-state index in [2.05, 4.69) is 5.10 Å². The molecule has 1 aromatic carbocycles. The number of ether oxygens (including phenoxy) is 1. The summed E-state index contributed by atoms with van der Waals surface area (Å²) >= 11 is 11.6. The second-order valence-electron chi connectivity index (χ2n) is 4.36. The minimum atomic E-state index is -0.969. The van der Waals surface area contributed by atoms with E-state index in [1.807, 2.05) is 0 Å². The molecule has 0 saturated heterocycles. The van der Waals surface area contributed by atoms with Crippen molar-refractivity contribution in [2.45, 2.75) is 12.6 Å². The molecule has 0 amide bonds. The largest absolute Gasteiger partial charge is 0.383 e. The van der Waals surface area contributed by atoms with Crippen molar-refractivity contribution in [2.75, 3.05) is 13.7 Å². The molecule has 2 rings (SSSR count). The average Bonchev–Trinajstić information content (AvgIpc) is 2.81. The lowest BCUT2D eigenvalue weighted by Crippen LogP contribution is -2.20. The average molecular weight is 336 g/mol. The van der Waals surface area contributed by atoms with Crippen LogP contribution in [0.15, 0.2) is 18.3 Å². The summed E-state index contributed by atoms with van der Waals surface area (Å²) in [5.41, 5.74) is 6.36. The molecule has 4 nitrogen and oxygen atoms in total. The molecule has 0 radical (unpaired) electrons. The van der Waals surface area contributed by atoms with Gasteiger partial charge in [-0.05, 0) is 12.1 Å². The van der Waals surface area contributed by atoms with Gasteiger partial charge in [-0.3, -0.25) is 4.68 Å². The van der Waals surface area contributed by atoms with Gasteiger partial charge in [-0.25, -0.2) is 8.78 Å². The molecule has 0 saturated carbocycles. The van der Waals surface area contributed by atoms with Crippen LogP contribution in [0.25, 0.3) is 0 Å². The fraction of sp³-hybridized carbons (Fsp3) is 0.308. The van der Waals surface area contributed by atoms with Crippen molar-refractivity contribution in [2.24, 2.45) is 5.73 Å². The Morgan fingerprint density at radius 1 is 1.29 bits per heavy atom. The van der Waals surface area contributed by atoms with E-state index in [1.54, 1.807) is 7.11 Å². The van der Waals surface area contributed by atoms with Gasteiger partial charge in [0, 0.05) is 12.7 Å². The van der Waals surface area contributed by atoms with Gasteiger partial charge in [-0.2, -0.15) is 5.10 Å². The van der Waals surface area contributed by atoms with Crippen LogP contribution in [-0.2, 0) is 11.3 Å². The van der Waals surface area contributed by atoms with Gasteiger partial charge < -0.3 is 10.5 Å². The summed E-state index contributed by atoms with van der Waals surface area (Å²) in [5.74, 6) is -1.45. The van der Waals surface area contributed by atoms with E-state index in [4.69, 9.17) is 33.7 Å². The van der Waals surface area contributed by atoms with Crippen molar-refractivity contribution in [1.29, 1.82) is 0 Å². The lowest BCUT2D eigenvalue weighted by atomic mass is 10.0. The van der Waals surface area contributed by atoms with Crippen molar-refractivity contribution in [3.05, 3.63) is 51.3 Å². The van der Waals surface area contributed by atoms with Crippen LogP contribution in [0.5, 0.6) is 0 Å². The third-order valence-corrected chi connectivity index (χ3v) is 3.59. The van der Waals surface area contributed by atoms with Crippen molar-refractivity contribution in [3.63, 3.8) is 0 Å².